The van der Waals surface area contributed by atoms with Crippen molar-refractivity contribution in [2.24, 2.45) is 0 Å². The van der Waals surface area contributed by atoms with E-state index in [2.05, 4.69) is 18.8 Å². The Morgan fingerprint density at radius 2 is 1.91 bits per heavy atom. The van der Waals surface area contributed by atoms with Gasteiger partial charge in [0.2, 0.25) is 5.06 Å². The molecule has 0 aliphatic heterocycles. The van der Waals surface area contributed by atoms with Crippen LogP contribution in [0.5, 0.6) is 5.06 Å². The fourth-order valence-electron chi connectivity index (χ4n) is 1.24. The van der Waals surface area contributed by atoms with Gasteiger partial charge in [-0.2, -0.15) is 13.2 Å². The predicted molar refractivity (Wildman–Crippen MR) is 89.4 cm³/mol. The molecule has 0 saturated carbocycles. The molecule has 0 radical (unpaired) electrons. The number of hydrogen-bond donors (Lipinski definition) is 2. The van der Waals surface area contributed by atoms with Gasteiger partial charge in [0.25, 0.3) is 0 Å². The molecule has 2 aromatic rings. The highest BCUT2D eigenvalue weighted by Crippen LogP contribution is 2.42. The lowest BCUT2D eigenvalue weighted by atomic mass is 10.2. The van der Waals surface area contributed by atoms with E-state index in [4.69, 9.17) is 17.3 Å². The van der Waals surface area contributed by atoms with Gasteiger partial charge in [0.15, 0.2) is 10.2 Å². The topological polar surface area (TPSA) is 59.1 Å². The lowest BCUT2D eigenvalue weighted by Crippen LogP contribution is -2.04. The van der Waals surface area contributed by atoms with Gasteiger partial charge in [0.1, 0.15) is 0 Å². The Bertz CT molecular complexity index is 645. The second-order valence-corrected chi connectivity index (χ2v) is 6.85. The number of hydrogen-bond acceptors (Lipinski definition) is 5. The number of halogens is 4. The van der Waals surface area contributed by atoms with Crippen LogP contribution in [0.3, 0.4) is 0 Å². The highest BCUT2D eigenvalue weighted by atomic mass is 35.5. The summed E-state index contributed by atoms with van der Waals surface area (Å²) >= 11 is 7.50. The van der Waals surface area contributed by atoms with Crippen molar-refractivity contribution in [3.05, 3.63) is 28.8 Å². The smallest absolute Gasteiger partial charge is 0.416 e. The van der Waals surface area contributed by atoms with Crippen LogP contribution in [0.15, 0.2) is 28.1 Å². The maximum atomic E-state index is 12.6. The Balaban J connectivity index is 0.000000593. The second kappa shape index (κ2) is 8.65. The first-order chi connectivity index (χ1) is 10.7. The highest BCUT2D eigenvalue weighted by Gasteiger charge is 2.31. The third kappa shape index (κ3) is 6.12. The second-order valence-electron chi connectivity index (χ2n) is 4.41. The molecule has 0 aliphatic rings. The first-order valence-electron chi connectivity index (χ1n) is 6.68. The zero-order valence-electron chi connectivity index (χ0n) is 12.4. The standard InChI is InChI=1S/C10H6ClF3N2OS2.C4H10/c11-5-2-1-4(10(12,13)14)3-6(5)18-7-8(17)19-9(15)16-7;1-3-4-2/h1-3,17H,(H2,15,16);3-4H2,1-2H3. The predicted octanol–water partition coefficient (Wildman–Crippen LogP) is 6.06. The number of nitrogens with zero attached hydrogens (tertiary/aromatic N) is 1. The molecule has 1 heterocycles. The molecule has 0 unspecified atom stereocenters. The summed E-state index contributed by atoms with van der Waals surface area (Å²) < 4.78 is 37.8. The highest BCUT2D eigenvalue weighted by molar-refractivity contribution is 7.99. The van der Waals surface area contributed by atoms with Gasteiger partial charge >= 0.3 is 6.18 Å². The van der Waals surface area contributed by atoms with E-state index in [1.165, 1.54) is 12.8 Å². The van der Waals surface area contributed by atoms with E-state index in [-0.39, 0.29) is 25.1 Å². The largest absolute Gasteiger partial charge is 0.497 e. The lowest BCUT2D eigenvalue weighted by molar-refractivity contribution is -0.137. The molecule has 3 N–H and O–H groups in total. The van der Waals surface area contributed by atoms with E-state index < -0.39 is 11.7 Å². The van der Waals surface area contributed by atoms with Gasteiger partial charge in [0.05, 0.1) is 10.6 Å². The van der Waals surface area contributed by atoms with Crippen LogP contribution in [0.2, 0.25) is 5.02 Å². The summed E-state index contributed by atoms with van der Waals surface area (Å²) in [5.41, 5.74) is 4.57. The van der Waals surface area contributed by atoms with Gasteiger partial charge in [-0.3, -0.25) is 0 Å². The summed E-state index contributed by atoms with van der Waals surface area (Å²) in [4.78, 5) is 3.96. The van der Waals surface area contributed by atoms with Gasteiger partial charge < -0.3 is 10.8 Å². The van der Waals surface area contributed by atoms with Crippen LogP contribution < -0.4 is 5.73 Å². The molecule has 2 rings (SSSR count). The molecule has 128 valence electrons. The van der Waals surface area contributed by atoms with Crippen molar-refractivity contribution in [2.45, 2.75) is 42.8 Å². The van der Waals surface area contributed by atoms with Crippen LogP contribution >= 0.6 is 34.7 Å². The Morgan fingerprint density at radius 3 is 2.35 bits per heavy atom. The number of aromatic nitrogens is 1. The molecule has 1 aromatic carbocycles. The number of anilines is 1. The SMILES string of the molecule is CCCC.Nc1nc(Sc2cc(C(F)(F)F)ccc2Cl)c(O)s1. The minimum absolute atomic E-state index is 0.128. The van der Waals surface area contributed by atoms with Crippen molar-refractivity contribution < 1.29 is 18.3 Å². The maximum absolute atomic E-state index is 12.6. The van der Waals surface area contributed by atoms with Crippen LogP contribution in [0.25, 0.3) is 0 Å². The maximum Gasteiger partial charge on any atom is 0.416 e. The van der Waals surface area contributed by atoms with E-state index in [0.29, 0.717) is 0 Å². The Labute approximate surface area is 145 Å². The van der Waals surface area contributed by atoms with E-state index in [1.54, 1.807) is 0 Å². The molecule has 1 aromatic heterocycles. The number of nitrogens with two attached hydrogens (primary N) is 1. The van der Waals surface area contributed by atoms with Crippen molar-refractivity contribution in [3.8, 4) is 5.06 Å². The van der Waals surface area contributed by atoms with Gasteiger partial charge in [-0.1, -0.05) is 61.4 Å². The summed E-state index contributed by atoms with van der Waals surface area (Å²) in [6.07, 6.45) is -1.82. The number of alkyl halides is 3. The van der Waals surface area contributed by atoms with Crippen LogP contribution in [0, 0.1) is 0 Å². The van der Waals surface area contributed by atoms with E-state index >= 15 is 0 Å². The van der Waals surface area contributed by atoms with Crippen LogP contribution in [0.4, 0.5) is 18.3 Å². The molecule has 0 bridgehead atoms. The fraction of sp³-hybridized carbons (Fsp3) is 0.357. The molecular weight excluding hydrogens is 369 g/mol. The Kier molecular flexibility index (Phi) is 7.50. The van der Waals surface area contributed by atoms with Crippen molar-refractivity contribution in [1.29, 1.82) is 0 Å². The summed E-state index contributed by atoms with van der Waals surface area (Å²) in [6.45, 7) is 4.36. The Morgan fingerprint density at radius 1 is 1.30 bits per heavy atom. The van der Waals surface area contributed by atoms with Gasteiger partial charge in [0, 0.05) is 4.90 Å². The quantitative estimate of drug-likeness (QED) is 0.675. The summed E-state index contributed by atoms with van der Waals surface area (Å²) in [6, 6.07) is 2.95. The number of benzene rings is 1. The summed E-state index contributed by atoms with van der Waals surface area (Å²) in [5.74, 6) is 0. The first-order valence-corrected chi connectivity index (χ1v) is 8.70. The summed E-state index contributed by atoms with van der Waals surface area (Å²) in [5, 5.41) is 9.74. The van der Waals surface area contributed by atoms with Crippen LogP contribution in [0.1, 0.15) is 32.3 Å². The van der Waals surface area contributed by atoms with E-state index in [1.807, 2.05) is 0 Å². The molecule has 9 heteroatoms. The normalized spacial score (nSPS) is 11.0. The number of rotatable bonds is 3. The van der Waals surface area contributed by atoms with Crippen molar-refractivity contribution in [3.63, 3.8) is 0 Å². The van der Waals surface area contributed by atoms with Gasteiger partial charge in [-0.25, -0.2) is 4.98 Å². The molecular formula is C14H16ClF3N2OS2. The van der Waals surface area contributed by atoms with Crippen LogP contribution in [-0.4, -0.2) is 10.1 Å². The van der Waals surface area contributed by atoms with Gasteiger partial charge in [-0.15, -0.1) is 0 Å². The zero-order valence-corrected chi connectivity index (χ0v) is 14.8. The van der Waals surface area contributed by atoms with E-state index in [9.17, 15) is 18.3 Å². The van der Waals surface area contributed by atoms with Crippen molar-refractivity contribution >= 4 is 39.8 Å². The third-order valence-corrected chi connectivity index (χ3v) is 4.85. The number of unbranched alkanes of at least 4 members (excludes halogenated alkanes) is 1. The molecule has 0 amide bonds. The molecule has 0 fully saturated rings. The number of thiazole rings is 1. The molecule has 0 aliphatic carbocycles. The van der Waals surface area contributed by atoms with Crippen molar-refractivity contribution in [1.82, 2.24) is 4.98 Å². The van der Waals surface area contributed by atoms with Gasteiger partial charge in [-0.05, 0) is 18.2 Å². The third-order valence-electron chi connectivity index (χ3n) is 2.56. The summed E-state index contributed by atoms with van der Waals surface area (Å²) in [7, 11) is 0. The minimum atomic E-state index is -4.46. The number of nitrogen functional groups attached to an aromatic ring is 1. The molecule has 0 saturated heterocycles. The van der Waals surface area contributed by atoms with Crippen LogP contribution in [-0.2, 0) is 6.18 Å². The molecule has 0 spiro atoms. The first kappa shape index (κ1) is 19.9. The Hall–Kier alpha value is -1.12. The average Bonchev–Trinajstić information content (AvgIpc) is 2.78. The molecule has 23 heavy (non-hydrogen) atoms. The number of aromatic hydroxyl groups is 1. The molecule has 0 atom stereocenters. The lowest BCUT2D eigenvalue weighted by Gasteiger charge is -2.09. The van der Waals surface area contributed by atoms with Crippen molar-refractivity contribution in [2.75, 3.05) is 5.73 Å². The molecule has 3 nitrogen and oxygen atoms in total. The zero-order chi connectivity index (χ0) is 17.6. The minimum Gasteiger partial charge on any atom is -0.497 e. The fourth-order valence-corrected chi connectivity index (χ4v) is 3.04. The monoisotopic (exact) mass is 384 g/mol. The average molecular weight is 385 g/mol. The van der Waals surface area contributed by atoms with E-state index in [0.717, 1.165) is 41.3 Å².